The first-order valence-electron chi connectivity index (χ1n) is 6.58. The second-order valence-electron chi connectivity index (χ2n) is 4.64. The van der Waals surface area contributed by atoms with Crippen molar-refractivity contribution in [2.75, 3.05) is 7.05 Å². The Hall–Kier alpha value is -2.40. The number of nitrogens with one attached hydrogen (secondary N) is 1. The van der Waals surface area contributed by atoms with Crippen LogP contribution in [0.3, 0.4) is 0 Å². The lowest BCUT2D eigenvalue weighted by molar-refractivity contribution is 0.787. The van der Waals surface area contributed by atoms with Crippen LogP contribution in [0.15, 0.2) is 49.1 Å². The number of benzene rings is 1. The highest BCUT2D eigenvalue weighted by Crippen LogP contribution is 2.22. The Balaban J connectivity index is 2.22. The van der Waals surface area contributed by atoms with Crippen LogP contribution < -0.4 is 5.32 Å². The maximum absolute atomic E-state index is 4.68. The van der Waals surface area contributed by atoms with Gasteiger partial charge in [0.1, 0.15) is 12.1 Å². The summed E-state index contributed by atoms with van der Waals surface area (Å²) in [7, 11) is 1.94. The SMILES string of the molecule is CNCc1c(C)nn(-c2ccccc2)c1-n1ccnc1. The molecule has 3 aromatic rings. The van der Waals surface area contributed by atoms with Gasteiger partial charge in [-0.3, -0.25) is 4.57 Å². The van der Waals surface area contributed by atoms with E-state index < -0.39 is 0 Å². The number of aryl methyl sites for hydroxylation is 1. The minimum Gasteiger partial charge on any atom is -0.315 e. The highest BCUT2D eigenvalue weighted by atomic mass is 15.4. The number of hydrogen-bond donors (Lipinski definition) is 1. The van der Waals surface area contributed by atoms with E-state index in [1.807, 2.05) is 47.6 Å². The predicted octanol–water partition coefficient (Wildman–Crippen LogP) is 2.09. The molecule has 0 aliphatic rings. The molecule has 0 saturated carbocycles. The van der Waals surface area contributed by atoms with Crippen molar-refractivity contribution in [1.29, 1.82) is 0 Å². The molecule has 0 aliphatic carbocycles. The first-order valence-corrected chi connectivity index (χ1v) is 6.58. The third-order valence-electron chi connectivity index (χ3n) is 3.26. The summed E-state index contributed by atoms with van der Waals surface area (Å²) in [6.45, 7) is 2.80. The van der Waals surface area contributed by atoms with Gasteiger partial charge in [-0.1, -0.05) is 18.2 Å². The lowest BCUT2D eigenvalue weighted by atomic mass is 10.2. The zero-order valence-electron chi connectivity index (χ0n) is 11.6. The Morgan fingerprint density at radius 2 is 2.00 bits per heavy atom. The average Bonchev–Trinajstić information content (AvgIpc) is 3.09. The molecule has 0 unspecified atom stereocenters. The molecule has 0 radical (unpaired) electrons. The van der Waals surface area contributed by atoms with Crippen molar-refractivity contribution in [3.63, 3.8) is 0 Å². The van der Waals surface area contributed by atoms with E-state index in [4.69, 9.17) is 0 Å². The van der Waals surface area contributed by atoms with Gasteiger partial charge in [0.25, 0.3) is 0 Å². The van der Waals surface area contributed by atoms with E-state index in [1.54, 1.807) is 12.5 Å². The van der Waals surface area contributed by atoms with Gasteiger partial charge < -0.3 is 5.32 Å². The summed E-state index contributed by atoms with van der Waals surface area (Å²) in [5.41, 5.74) is 3.24. The van der Waals surface area contributed by atoms with Crippen LogP contribution in [0.2, 0.25) is 0 Å². The van der Waals surface area contributed by atoms with Crippen LogP contribution in [-0.4, -0.2) is 26.4 Å². The normalized spacial score (nSPS) is 10.9. The van der Waals surface area contributed by atoms with E-state index >= 15 is 0 Å². The van der Waals surface area contributed by atoms with Crippen molar-refractivity contribution in [2.45, 2.75) is 13.5 Å². The van der Waals surface area contributed by atoms with Crippen LogP contribution >= 0.6 is 0 Å². The molecule has 2 aromatic heterocycles. The molecule has 20 heavy (non-hydrogen) atoms. The molecule has 0 amide bonds. The van der Waals surface area contributed by atoms with E-state index in [1.165, 1.54) is 5.56 Å². The van der Waals surface area contributed by atoms with Gasteiger partial charge in [0.2, 0.25) is 0 Å². The van der Waals surface area contributed by atoms with Crippen molar-refractivity contribution in [3.8, 4) is 11.5 Å². The molecule has 0 aliphatic heterocycles. The van der Waals surface area contributed by atoms with Gasteiger partial charge in [0.05, 0.1) is 11.4 Å². The van der Waals surface area contributed by atoms with Crippen molar-refractivity contribution < 1.29 is 0 Å². The number of rotatable bonds is 4. The molecule has 3 rings (SSSR count). The third-order valence-corrected chi connectivity index (χ3v) is 3.26. The van der Waals surface area contributed by atoms with Gasteiger partial charge in [-0.15, -0.1) is 0 Å². The van der Waals surface area contributed by atoms with Crippen molar-refractivity contribution >= 4 is 0 Å². The number of para-hydroxylation sites is 1. The highest BCUT2D eigenvalue weighted by Gasteiger charge is 2.17. The molecule has 0 atom stereocenters. The van der Waals surface area contributed by atoms with Gasteiger partial charge in [0.15, 0.2) is 0 Å². The Bertz CT molecular complexity index is 683. The molecular weight excluding hydrogens is 250 g/mol. The lowest BCUT2D eigenvalue weighted by Gasteiger charge is -2.10. The minimum atomic E-state index is 0.770. The van der Waals surface area contributed by atoms with E-state index in [9.17, 15) is 0 Å². The topological polar surface area (TPSA) is 47.7 Å². The minimum absolute atomic E-state index is 0.770. The standard InChI is InChI=1S/C15H17N5/c1-12-14(10-16-2)15(19-9-8-17-11-19)20(18-12)13-6-4-3-5-7-13/h3-9,11,16H,10H2,1-2H3. The second-order valence-corrected chi connectivity index (χ2v) is 4.64. The van der Waals surface area contributed by atoms with E-state index in [2.05, 4.69) is 27.5 Å². The maximum atomic E-state index is 4.68. The Labute approximate surface area is 117 Å². The summed E-state index contributed by atoms with van der Waals surface area (Å²) in [6.07, 6.45) is 5.52. The van der Waals surface area contributed by atoms with Gasteiger partial charge in [-0.25, -0.2) is 9.67 Å². The number of imidazole rings is 1. The third kappa shape index (κ3) is 2.12. The van der Waals surface area contributed by atoms with Crippen molar-refractivity contribution in [3.05, 3.63) is 60.3 Å². The average molecular weight is 267 g/mol. The monoisotopic (exact) mass is 267 g/mol. The fourth-order valence-corrected chi connectivity index (χ4v) is 2.33. The van der Waals surface area contributed by atoms with Crippen LogP contribution in [-0.2, 0) is 6.54 Å². The summed E-state index contributed by atoms with van der Waals surface area (Å²) in [4.78, 5) is 4.15. The molecule has 0 bridgehead atoms. The van der Waals surface area contributed by atoms with Crippen LogP contribution in [0.4, 0.5) is 0 Å². The Morgan fingerprint density at radius 3 is 2.65 bits per heavy atom. The molecule has 102 valence electrons. The van der Waals surface area contributed by atoms with Gasteiger partial charge >= 0.3 is 0 Å². The van der Waals surface area contributed by atoms with E-state index in [0.29, 0.717) is 0 Å². The van der Waals surface area contributed by atoms with E-state index in [0.717, 1.165) is 23.7 Å². The molecule has 5 nitrogen and oxygen atoms in total. The van der Waals surface area contributed by atoms with Gasteiger partial charge in [0, 0.05) is 24.5 Å². The number of aromatic nitrogens is 4. The van der Waals surface area contributed by atoms with Crippen molar-refractivity contribution in [2.24, 2.45) is 0 Å². The summed E-state index contributed by atoms with van der Waals surface area (Å²) in [6, 6.07) is 10.1. The molecular formula is C15H17N5. The number of hydrogen-bond acceptors (Lipinski definition) is 3. The molecule has 0 fully saturated rings. The van der Waals surface area contributed by atoms with Crippen LogP contribution in [0, 0.1) is 6.92 Å². The predicted molar refractivity (Wildman–Crippen MR) is 78.2 cm³/mol. The molecule has 5 heteroatoms. The van der Waals surface area contributed by atoms with Crippen LogP contribution in [0.5, 0.6) is 0 Å². The number of nitrogens with zero attached hydrogens (tertiary/aromatic N) is 4. The van der Waals surface area contributed by atoms with Crippen LogP contribution in [0.25, 0.3) is 11.5 Å². The summed E-state index contributed by atoms with van der Waals surface area (Å²) >= 11 is 0. The van der Waals surface area contributed by atoms with Gasteiger partial charge in [-0.05, 0) is 26.1 Å². The second kappa shape index (κ2) is 5.30. The highest BCUT2D eigenvalue weighted by molar-refractivity contribution is 5.45. The Kier molecular flexibility index (Phi) is 3.35. The maximum Gasteiger partial charge on any atom is 0.146 e. The fourth-order valence-electron chi connectivity index (χ4n) is 2.33. The zero-order chi connectivity index (χ0) is 13.9. The van der Waals surface area contributed by atoms with Crippen molar-refractivity contribution in [1.82, 2.24) is 24.6 Å². The summed E-state index contributed by atoms with van der Waals surface area (Å²) in [5.74, 6) is 1.03. The molecule has 1 N–H and O–H groups in total. The smallest absolute Gasteiger partial charge is 0.146 e. The zero-order valence-corrected chi connectivity index (χ0v) is 11.6. The summed E-state index contributed by atoms with van der Waals surface area (Å²) in [5, 5.41) is 7.89. The first kappa shape index (κ1) is 12.6. The summed E-state index contributed by atoms with van der Waals surface area (Å²) < 4.78 is 3.96. The molecule has 0 saturated heterocycles. The molecule has 2 heterocycles. The first-order chi connectivity index (χ1) is 9.81. The van der Waals surface area contributed by atoms with Gasteiger partial charge in [-0.2, -0.15) is 5.10 Å². The largest absolute Gasteiger partial charge is 0.315 e. The van der Waals surface area contributed by atoms with Crippen LogP contribution in [0.1, 0.15) is 11.3 Å². The lowest BCUT2D eigenvalue weighted by Crippen LogP contribution is -2.10. The quantitative estimate of drug-likeness (QED) is 0.787. The van der Waals surface area contributed by atoms with E-state index in [-0.39, 0.29) is 0 Å². The molecule has 1 aromatic carbocycles. The Morgan fingerprint density at radius 1 is 1.20 bits per heavy atom. The fraction of sp³-hybridized carbons (Fsp3) is 0.200. The molecule has 0 spiro atoms.